The Bertz CT molecular complexity index is 909. The van der Waals surface area contributed by atoms with Crippen LogP contribution in [-0.2, 0) is 12.8 Å². The third-order valence-corrected chi connectivity index (χ3v) is 4.49. The third kappa shape index (κ3) is 2.85. The molecule has 0 amide bonds. The van der Waals surface area contributed by atoms with Crippen LogP contribution in [-0.4, -0.2) is 24.5 Å². The Morgan fingerprint density at radius 3 is 2.78 bits per heavy atom. The molecule has 1 N–H and O–H groups in total. The van der Waals surface area contributed by atoms with Crippen LogP contribution in [0.25, 0.3) is 22.4 Å². The molecule has 3 aromatic heterocycles. The molecule has 4 rings (SSSR count). The highest BCUT2D eigenvalue weighted by Crippen LogP contribution is 2.24. The number of aryl methyl sites for hydroxylation is 1. The zero-order valence-electron chi connectivity index (χ0n) is 12.6. The summed E-state index contributed by atoms with van der Waals surface area (Å²) in [5, 5.41) is 0.864. The summed E-state index contributed by atoms with van der Waals surface area (Å²) < 4.78 is 2.07. The maximum Gasteiger partial charge on any atom is 0.178 e. The fourth-order valence-corrected chi connectivity index (χ4v) is 3.28. The van der Waals surface area contributed by atoms with E-state index in [2.05, 4.69) is 37.8 Å². The molecule has 0 saturated carbocycles. The van der Waals surface area contributed by atoms with E-state index in [4.69, 9.17) is 4.98 Å². The molecule has 0 unspecified atom stereocenters. The van der Waals surface area contributed by atoms with E-state index in [0.717, 1.165) is 39.2 Å². The van der Waals surface area contributed by atoms with Gasteiger partial charge in [-0.05, 0) is 12.1 Å². The van der Waals surface area contributed by atoms with Crippen molar-refractivity contribution < 1.29 is 0 Å². The molecule has 6 heteroatoms. The van der Waals surface area contributed by atoms with Crippen LogP contribution in [0.3, 0.4) is 0 Å². The van der Waals surface area contributed by atoms with Gasteiger partial charge < -0.3 is 9.55 Å². The maximum absolute atomic E-state index is 4.73. The number of H-pyrrole nitrogens is 1. The van der Waals surface area contributed by atoms with Crippen molar-refractivity contribution in [3.05, 3.63) is 60.7 Å². The molecule has 0 radical (unpaired) electrons. The average Bonchev–Trinajstić information content (AvgIpc) is 3.16. The molecule has 5 nitrogen and oxygen atoms in total. The van der Waals surface area contributed by atoms with Crippen molar-refractivity contribution in [2.24, 2.45) is 7.05 Å². The van der Waals surface area contributed by atoms with Crippen molar-refractivity contribution in [2.45, 2.75) is 10.9 Å². The van der Waals surface area contributed by atoms with Crippen molar-refractivity contribution in [1.82, 2.24) is 24.5 Å². The molecule has 1 aromatic carbocycles. The van der Waals surface area contributed by atoms with Crippen molar-refractivity contribution in [1.29, 1.82) is 0 Å². The van der Waals surface area contributed by atoms with Gasteiger partial charge in [-0.1, -0.05) is 42.1 Å². The van der Waals surface area contributed by atoms with Crippen molar-refractivity contribution in [3.63, 3.8) is 0 Å². The molecule has 0 atom stereocenters. The quantitative estimate of drug-likeness (QED) is 0.583. The second-order valence-electron chi connectivity index (χ2n) is 5.22. The molecule has 0 aliphatic heterocycles. The van der Waals surface area contributed by atoms with E-state index in [1.807, 2.05) is 37.4 Å². The first-order valence-electron chi connectivity index (χ1n) is 7.31. The minimum atomic E-state index is 0.750. The van der Waals surface area contributed by atoms with Crippen LogP contribution in [0.4, 0.5) is 0 Å². The van der Waals surface area contributed by atoms with Gasteiger partial charge in [0.2, 0.25) is 0 Å². The summed E-state index contributed by atoms with van der Waals surface area (Å²) in [6.07, 6.45) is 3.81. The topological polar surface area (TPSA) is 59.4 Å². The average molecular weight is 321 g/mol. The lowest BCUT2D eigenvalue weighted by Crippen LogP contribution is -1.94. The van der Waals surface area contributed by atoms with E-state index in [0.29, 0.717) is 0 Å². The Balaban J connectivity index is 1.54. The van der Waals surface area contributed by atoms with Crippen LogP contribution >= 0.6 is 11.8 Å². The Labute approximate surface area is 137 Å². The number of hydrogen-bond donors (Lipinski definition) is 1. The first-order valence-corrected chi connectivity index (χ1v) is 8.29. The number of benzene rings is 1. The molecule has 23 heavy (non-hydrogen) atoms. The minimum Gasteiger partial charge on any atom is -0.337 e. The normalized spacial score (nSPS) is 11.2. The number of hydrogen-bond acceptors (Lipinski definition) is 4. The zero-order chi connectivity index (χ0) is 15.6. The van der Waals surface area contributed by atoms with Gasteiger partial charge in [-0.25, -0.2) is 15.0 Å². The largest absolute Gasteiger partial charge is 0.337 e. The predicted molar refractivity (Wildman–Crippen MR) is 92.1 cm³/mol. The lowest BCUT2D eigenvalue weighted by molar-refractivity contribution is 0.848. The van der Waals surface area contributed by atoms with Gasteiger partial charge in [0.1, 0.15) is 5.82 Å². The molecular formula is C17H15N5S. The van der Waals surface area contributed by atoms with E-state index in [1.165, 1.54) is 0 Å². The van der Waals surface area contributed by atoms with Crippen molar-refractivity contribution in [2.75, 3.05) is 0 Å². The van der Waals surface area contributed by atoms with Gasteiger partial charge in [-0.3, -0.25) is 0 Å². The minimum absolute atomic E-state index is 0.750. The van der Waals surface area contributed by atoms with Crippen molar-refractivity contribution in [3.8, 4) is 11.3 Å². The molecule has 0 aliphatic rings. The van der Waals surface area contributed by atoms with Gasteiger partial charge in [-0.2, -0.15) is 0 Å². The Morgan fingerprint density at radius 2 is 1.96 bits per heavy atom. The summed E-state index contributed by atoms with van der Waals surface area (Å²) in [5.74, 6) is 1.77. The lowest BCUT2D eigenvalue weighted by atomic mass is 10.2. The summed E-state index contributed by atoms with van der Waals surface area (Å²) >= 11 is 1.63. The number of fused-ring (bicyclic) bond motifs is 1. The summed E-state index contributed by atoms with van der Waals surface area (Å²) in [7, 11) is 2.02. The number of aromatic nitrogens is 5. The van der Waals surface area contributed by atoms with Crippen LogP contribution in [0.15, 0.2) is 60.0 Å². The first-order chi connectivity index (χ1) is 11.3. The molecular weight excluding hydrogens is 306 g/mol. The highest BCUT2D eigenvalue weighted by molar-refractivity contribution is 7.98. The second-order valence-corrected chi connectivity index (χ2v) is 6.19. The number of pyridine rings is 1. The standard InChI is InChI=1S/C17H15N5S/c1-22-10-14(12-6-3-2-4-7-12)19-15(22)11-23-17-20-13-8-5-9-18-16(13)21-17/h2-10H,11H2,1H3,(H,18,20,21). The van der Waals surface area contributed by atoms with Crippen molar-refractivity contribution >= 4 is 22.9 Å². The van der Waals surface area contributed by atoms with Crippen LogP contribution in [0.2, 0.25) is 0 Å². The number of aromatic amines is 1. The Hall–Kier alpha value is -2.60. The van der Waals surface area contributed by atoms with Crippen LogP contribution in [0.1, 0.15) is 5.82 Å². The maximum atomic E-state index is 4.73. The highest BCUT2D eigenvalue weighted by Gasteiger charge is 2.09. The van der Waals surface area contributed by atoms with E-state index in [9.17, 15) is 0 Å². The third-order valence-electron chi connectivity index (χ3n) is 3.62. The van der Waals surface area contributed by atoms with E-state index in [-0.39, 0.29) is 0 Å². The predicted octanol–water partition coefficient (Wildman–Crippen LogP) is 3.65. The molecule has 0 spiro atoms. The number of imidazole rings is 2. The SMILES string of the molecule is Cn1cc(-c2ccccc2)nc1CSc1nc2ncccc2[nH]1. The molecule has 0 aliphatic carbocycles. The lowest BCUT2D eigenvalue weighted by Gasteiger charge is -1.98. The van der Waals surface area contributed by atoms with Crippen LogP contribution < -0.4 is 0 Å². The second kappa shape index (κ2) is 5.89. The van der Waals surface area contributed by atoms with Gasteiger partial charge in [-0.15, -0.1) is 0 Å². The first kappa shape index (κ1) is 14.0. The zero-order valence-corrected chi connectivity index (χ0v) is 13.4. The Kier molecular flexibility index (Phi) is 3.59. The van der Waals surface area contributed by atoms with Gasteiger partial charge in [0.25, 0.3) is 0 Å². The fourth-order valence-electron chi connectivity index (χ4n) is 2.41. The summed E-state index contributed by atoms with van der Waals surface area (Å²) in [6.45, 7) is 0. The Morgan fingerprint density at radius 1 is 1.09 bits per heavy atom. The van der Waals surface area contributed by atoms with Crippen LogP contribution in [0.5, 0.6) is 0 Å². The van der Waals surface area contributed by atoms with E-state index in [1.54, 1.807) is 18.0 Å². The summed E-state index contributed by atoms with van der Waals surface area (Å²) in [6, 6.07) is 14.1. The van der Waals surface area contributed by atoms with Gasteiger partial charge in [0, 0.05) is 25.0 Å². The molecule has 0 fully saturated rings. The smallest absolute Gasteiger partial charge is 0.178 e. The van der Waals surface area contributed by atoms with E-state index < -0.39 is 0 Å². The number of nitrogens with zero attached hydrogens (tertiary/aromatic N) is 4. The molecule has 3 heterocycles. The summed E-state index contributed by atoms with van der Waals surface area (Å²) in [5.41, 5.74) is 3.84. The van der Waals surface area contributed by atoms with E-state index >= 15 is 0 Å². The number of nitrogens with one attached hydrogen (secondary N) is 1. The monoisotopic (exact) mass is 321 g/mol. The molecule has 114 valence electrons. The number of thioether (sulfide) groups is 1. The number of rotatable bonds is 4. The van der Waals surface area contributed by atoms with Gasteiger partial charge >= 0.3 is 0 Å². The molecule has 0 bridgehead atoms. The summed E-state index contributed by atoms with van der Waals surface area (Å²) in [4.78, 5) is 16.7. The molecule has 4 aromatic rings. The highest BCUT2D eigenvalue weighted by atomic mass is 32.2. The molecule has 0 saturated heterocycles. The van der Waals surface area contributed by atoms with Gasteiger partial charge in [0.05, 0.1) is 17.0 Å². The van der Waals surface area contributed by atoms with Gasteiger partial charge in [0.15, 0.2) is 10.8 Å². The fraction of sp³-hybridized carbons (Fsp3) is 0.118. The van der Waals surface area contributed by atoms with Crippen LogP contribution in [0, 0.1) is 0 Å².